The molecule has 3 aromatic heterocycles. The van der Waals surface area contributed by atoms with Gasteiger partial charge in [-0.3, -0.25) is 9.67 Å². The quantitative estimate of drug-likeness (QED) is 0.726. The first kappa shape index (κ1) is 12.0. The van der Waals surface area contributed by atoms with Crippen LogP contribution in [0.3, 0.4) is 0 Å². The molecule has 0 atom stereocenters. The van der Waals surface area contributed by atoms with Gasteiger partial charge in [0.25, 0.3) is 5.89 Å². The fraction of sp³-hybridized carbons (Fsp3) is 0.167. The van der Waals surface area contributed by atoms with Gasteiger partial charge in [-0.1, -0.05) is 0 Å². The summed E-state index contributed by atoms with van der Waals surface area (Å²) in [5.74, 6) is 0.843. The van der Waals surface area contributed by atoms with Crippen LogP contribution < -0.4 is 0 Å². The number of rotatable bonds is 2. The maximum atomic E-state index is 5.65. The Morgan fingerprint density at radius 2 is 1.84 bits per heavy atom. The zero-order valence-corrected chi connectivity index (χ0v) is 11.9. The molecule has 0 aliphatic heterocycles. The first-order valence-corrected chi connectivity index (χ1v) is 6.39. The van der Waals surface area contributed by atoms with E-state index in [1.807, 2.05) is 26.1 Å². The number of hydrogen-bond donors (Lipinski definition) is 0. The van der Waals surface area contributed by atoms with E-state index in [0.717, 1.165) is 15.7 Å². The van der Waals surface area contributed by atoms with Gasteiger partial charge in [0.2, 0.25) is 5.89 Å². The fourth-order valence-electron chi connectivity index (χ4n) is 1.65. The minimum absolute atomic E-state index is 0.391. The molecule has 0 aromatic carbocycles. The van der Waals surface area contributed by atoms with Gasteiger partial charge in [-0.2, -0.15) is 5.10 Å². The number of hydrogen-bond acceptors (Lipinski definition) is 5. The second kappa shape index (κ2) is 4.58. The number of pyridine rings is 1. The predicted molar refractivity (Wildman–Crippen MR) is 72.2 cm³/mol. The zero-order chi connectivity index (χ0) is 13.4. The molecule has 0 spiro atoms. The van der Waals surface area contributed by atoms with Crippen LogP contribution in [0.4, 0.5) is 0 Å². The van der Waals surface area contributed by atoms with E-state index in [-0.39, 0.29) is 0 Å². The molecule has 0 aliphatic carbocycles. The summed E-state index contributed by atoms with van der Waals surface area (Å²) >= 11 is 3.48. The third-order valence-corrected chi connectivity index (χ3v) is 3.77. The molecular weight excluding hydrogens is 310 g/mol. The highest BCUT2D eigenvalue weighted by Crippen LogP contribution is 2.30. The first-order valence-electron chi connectivity index (χ1n) is 5.60. The Labute approximate surface area is 117 Å². The van der Waals surface area contributed by atoms with Crippen LogP contribution in [0.5, 0.6) is 0 Å². The van der Waals surface area contributed by atoms with Gasteiger partial charge in [-0.15, -0.1) is 10.2 Å². The SMILES string of the molecule is Cc1c(Br)c(-c2nnc(-c3ccncc3)o2)nn1C. The smallest absolute Gasteiger partial charge is 0.269 e. The van der Waals surface area contributed by atoms with Gasteiger partial charge in [0.1, 0.15) is 0 Å². The van der Waals surface area contributed by atoms with E-state index in [0.29, 0.717) is 17.5 Å². The Morgan fingerprint density at radius 1 is 1.16 bits per heavy atom. The number of halogens is 1. The molecule has 6 nitrogen and oxygen atoms in total. The molecule has 0 unspecified atom stereocenters. The highest BCUT2D eigenvalue weighted by Gasteiger charge is 2.18. The van der Waals surface area contributed by atoms with E-state index < -0.39 is 0 Å². The van der Waals surface area contributed by atoms with Gasteiger partial charge in [0.05, 0.1) is 10.2 Å². The van der Waals surface area contributed by atoms with E-state index >= 15 is 0 Å². The summed E-state index contributed by atoms with van der Waals surface area (Å²) in [6.45, 7) is 1.96. The van der Waals surface area contributed by atoms with Crippen molar-refractivity contribution in [3.63, 3.8) is 0 Å². The first-order chi connectivity index (χ1) is 9.16. The molecule has 0 fully saturated rings. The highest BCUT2D eigenvalue weighted by molar-refractivity contribution is 9.10. The molecule has 0 bridgehead atoms. The molecule has 96 valence electrons. The molecule has 7 heteroatoms. The van der Waals surface area contributed by atoms with Gasteiger partial charge in [-0.05, 0) is 35.0 Å². The van der Waals surface area contributed by atoms with Crippen LogP contribution in [-0.4, -0.2) is 25.0 Å². The Bertz CT molecular complexity index is 719. The van der Waals surface area contributed by atoms with E-state index in [2.05, 4.69) is 36.2 Å². The molecule has 0 saturated heterocycles. The molecule has 19 heavy (non-hydrogen) atoms. The summed E-state index contributed by atoms with van der Waals surface area (Å²) in [5, 5.41) is 12.4. The van der Waals surface area contributed by atoms with E-state index in [1.165, 1.54) is 0 Å². The summed E-state index contributed by atoms with van der Waals surface area (Å²) in [5.41, 5.74) is 2.48. The summed E-state index contributed by atoms with van der Waals surface area (Å²) in [6.07, 6.45) is 3.36. The highest BCUT2D eigenvalue weighted by atomic mass is 79.9. The maximum absolute atomic E-state index is 5.65. The molecule has 0 radical (unpaired) electrons. The van der Waals surface area contributed by atoms with Crippen molar-refractivity contribution >= 4 is 15.9 Å². The van der Waals surface area contributed by atoms with E-state index in [9.17, 15) is 0 Å². The van der Waals surface area contributed by atoms with Crippen molar-refractivity contribution in [2.75, 3.05) is 0 Å². The van der Waals surface area contributed by atoms with Gasteiger partial charge >= 0.3 is 0 Å². The molecular formula is C12H10BrN5O. The average molecular weight is 320 g/mol. The van der Waals surface area contributed by atoms with Crippen LogP contribution in [0.2, 0.25) is 0 Å². The van der Waals surface area contributed by atoms with Crippen LogP contribution in [0.25, 0.3) is 23.0 Å². The molecule has 0 saturated carbocycles. The Kier molecular flexibility index (Phi) is 2.90. The lowest BCUT2D eigenvalue weighted by molar-refractivity contribution is 0.579. The lowest BCUT2D eigenvalue weighted by Crippen LogP contribution is -1.92. The van der Waals surface area contributed by atoms with Crippen LogP contribution >= 0.6 is 15.9 Å². The zero-order valence-electron chi connectivity index (χ0n) is 10.3. The molecule has 3 heterocycles. The van der Waals surface area contributed by atoms with Crippen molar-refractivity contribution in [1.82, 2.24) is 25.0 Å². The van der Waals surface area contributed by atoms with Crippen LogP contribution in [0.15, 0.2) is 33.4 Å². The van der Waals surface area contributed by atoms with E-state index in [4.69, 9.17) is 4.42 Å². The van der Waals surface area contributed by atoms with Crippen molar-refractivity contribution < 1.29 is 4.42 Å². The second-order valence-corrected chi connectivity index (χ2v) is 4.81. The number of aromatic nitrogens is 5. The summed E-state index contributed by atoms with van der Waals surface area (Å²) in [7, 11) is 1.86. The molecule has 3 rings (SSSR count). The Hall–Kier alpha value is -2.02. The fourth-order valence-corrected chi connectivity index (χ4v) is 2.15. The maximum Gasteiger partial charge on any atom is 0.269 e. The van der Waals surface area contributed by atoms with Crippen LogP contribution in [0.1, 0.15) is 5.69 Å². The molecule has 3 aromatic rings. The monoisotopic (exact) mass is 319 g/mol. The number of aryl methyl sites for hydroxylation is 1. The number of nitrogens with zero attached hydrogens (tertiary/aromatic N) is 5. The minimum atomic E-state index is 0.391. The van der Waals surface area contributed by atoms with Crippen molar-refractivity contribution in [3.05, 3.63) is 34.7 Å². The topological polar surface area (TPSA) is 69.6 Å². The molecule has 0 amide bonds. The third-order valence-electron chi connectivity index (χ3n) is 2.82. The summed E-state index contributed by atoms with van der Waals surface area (Å²) < 4.78 is 8.27. The van der Waals surface area contributed by atoms with Gasteiger partial charge in [-0.25, -0.2) is 0 Å². The van der Waals surface area contributed by atoms with Gasteiger partial charge in [0.15, 0.2) is 5.69 Å². The largest absolute Gasteiger partial charge is 0.414 e. The van der Waals surface area contributed by atoms with Crippen molar-refractivity contribution in [3.8, 4) is 23.0 Å². The molecule has 0 N–H and O–H groups in total. The lowest BCUT2D eigenvalue weighted by Gasteiger charge is -1.91. The normalized spacial score (nSPS) is 10.9. The van der Waals surface area contributed by atoms with Gasteiger partial charge < -0.3 is 4.42 Å². The second-order valence-electron chi connectivity index (χ2n) is 4.02. The van der Waals surface area contributed by atoms with Crippen molar-refractivity contribution in [2.45, 2.75) is 6.92 Å². The summed E-state index contributed by atoms with van der Waals surface area (Å²) in [6, 6.07) is 3.63. The van der Waals surface area contributed by atoms with E-state index in [1.54, 1.807) is 17.1 Å². The van der Waals surface area contributed by atoms with Crippen molar-refractivity contribution in [2.24, 2.45) is 7.05 Å². The average Bonchev–Trinajstić information content (AvgIpc) is 3.01. The van der Waals surface area contributed by atoms with Crippen molar-refractivity contribution in [1.29, 1.82) is 0 Å². The Morgan fingerprint density at radius 3 is 2.47 bits per heavy atom. The Balaban J connectivity index is 2.04. The summed E-state index contributed by atoms with van der Waals surface area (Å²) in [4.78, 5) is 3.95. The molecule has 0 aliphatic rings. The standard InChI is InChI=1S/C12H10BrN5O/c1-7-9(13)10(17-18(7)2)12-16-15-11(19-12)8-3-5-14-6-4-8/h3-6H,1-2H3. The minimum Gasteiger partial charge on any atom is -0.414 e. The van der Waals surface area contributed by atoms with Crippen LogP contribution in [-0.2, 0) is 7.05 Å². The predicted octanol–water partition coefficient (Wildman–Crippen LogP) is 2.60. The van der Waals surface area contributed by atoms with Gasteiger partial charge in [0, 0.05) is 25.0 Å². The third kappa shape index (κ3) is 2.06. The van der Waals surface area contributed by atoms with Crippen LogP contribution in [0, 0.1) is 6.92 Å². The lowest BCUT2D eigenvalue weighted by atomic mass is 10.3.